The SMILES string of the molecule is CN(CC1CCCC1)C(=O)NC1(CC(=O)O)CCCCC1. The average Bonchev–Trinajstić information content (AvgIpc) is 2.91. The van der Waals surface area contributed by atoms with Gasteiger partial charge in [0.05, 0.1) is 12.0 Å². The molecule has 2 amide bonds. The maximum Gasteiger partial charge on any atom is 0.317 e. The van der Waals surface area contributed by atoms with E-state index in [-0.39, 0.29) is 12.5 Å². The summed E-state index contributed by atoms with van der Waals surface area (Å²) in [6.07, 6.45) is 9.68. The fraction of sp³-hybridized carbons (Fsp3) is 0.875. The fourth-order valence-corrected chi connectivity index (χ4v) is 3.85. The number of urea groups is 1. The van der Waals surface area contributed by atoms with E-state index in [1.807, 2.05) is 7.05 Å². The van der Waals surface area contributed by atoms with Gasteiger partial charge < -0.3 is 15.3 Å². The van der Waals surface area contributed by atoms with Crippen LogP contribution in [0.1, 0.15) is 64.2 Å². The quantitative estimate of drug-likeness (QED) is 0.819. The van der Waals surface area contributed by atoms with E-state index < -0.39 is 11.5 Å². The minimum atomic E-state index is -0.823. The van der Waals surface area contributed by atoms with Crippen molar-refractivity contribution >= 4 is 12.0 Å². The van der Waals surface area contributed by atoms with Crippen LogP contribution in [0.3, 0.4) is 0 Å². The number of carboxylic acid groups (broad SMARTS) is 1. The molecule has 2 aliphatic rings. The minimum absolute atomic E-state index is 0.0377. The van der Waals surface area contributed by atoms with Crippen molar-refractivity contribution in [1.82, 2.24) is 10.2 Å². The van der Waals surface area contributed by atoms with Crippen LogP contribution in [-0.2, 0) is 4.79 Å². The molecule has 0 aromatic carbocycles. The predicted molar refractivity (Wildman–Crippen MR) is 81.2 cm³/mol. The van der Waals surface area contributed by atoms with Crippen molar-refractivity contribution in [2.24, 2.45) is 5.92 Å². The maximum atomic E-state index is 12.4. The van der Waals surface area contributed by atoms with Gasteiger partial charge in [-0.1, -0.05) is 32.1 Å². The zero-order valence-corrected chi connectivity index (χ0v) is 13.1. The van der Waals surface area contributed by atoms with Gasteiger partial charge in [-0.2, -0.15) is 0 Å². The highest BCUT2D eigenvalue weighted by atomic mass is 16.4. The third-order valence-electron chi connectivity index (χ3n) is 5.03. The van der Waals surface area contributed by atoms with E-state index in [0.717, 1.165) is 38.6 Å². The van der Waals surface area contributed by atoms with Crippen molar-refractivity contribution in [1.29, 1.82) is 0 Å². The highest BCUT2D eigenvalue weighted by Gasteiger charge is 2.36. The van der Waals surface area contributed by atoms with E-state index in [2.05, 4.69) is 5.32 Å². The molecular formula is C16H28N2O3. The van der Waals surface area contributed by atoms with Crippen molar-refractivity contribution in [3.8, 4) is 0 Å². The van der Waals surface area contributed by atoms with Gasteiger partial charge in [0.15, 0.2) is 0 Å². The smallest absolute Gasteiger partial charge is 0.317 e. The van der Waals surface area contributed by atoms with E-state index in [4.69, 9.17) is 5.11 Å². The summed E-state index contributed by atoms with van der Waals surface area (Å²) in [4.78, 5) is 25.3. The zero-order chi connectivity index (χ0) is 15.3. The molecule has 0 heterocycles. The van der Waals surface area contributed by atoms with Gasteiger partial charge in [0.1, 0.15) is 0 Å². The van der Waals surface area contributed by atoms with Crippen molar-refractivity contribution in [2.75, 3.05) is 13.6 Å². The molecule has 5 nitrogen and oxygen atoms in total. The number of carboxylic acids is 1. The van der Waals surface area contributed by atoms with Crippen LogP contribution in [-0.4, -0.2) is 41.1 Å². The molecule has 2 fully saturated rings. The summed E-state index contributed by atoms with van der Waals surface area (Å²) in [5, 5.41) is 12.2. The lowest BCUT2D eigenvalue weighted by Crippen LogP contribution is -2.55. The molecule has 21 heavy (non-hydrogen) atoms. The molecule has 2 aliphatic carbocycles. The second-order valence-corrected chi connectivity index (χ2v) is 6.87. The molecule has 2 N–H and O–H groups in total. The molecule has 120 valence electrons. The molecule has 0 spiro atoms. The normalized spacial score (nSPS) is 22.0. The van der Waals surface area contributed by atoms with Crippen LogP contribution in [0.4, 0.5) is 4.79 Å². The van der Waals surface area contributed by atoms with Crippen LogP contribution in [0, 0.1) is 5.92 Å². The summed E-state index contributed by atoms with van der Waals surface area (Å²) >= 11 is 0. The molecule has 0 bridgehead atoms. The number of aliphatic carboxylic acids is 1. The first kappa shape index (κ1) is 16.1. The van der Waals surface area contributed by atoms with Crippen molar-refractivity contribution in [3.63, 3.8) is 0 Å². The molecular weight excluding hydrogens is 268 g/mol. The molecule has 0 atom stereocenters. The first-order valence-electron chi connectivity index (χ1n) is 8.26. The third-order valence-corrected chi connectivity index (χ3v) is 5.03. The van der Waals surface area contributed by atoms with Crippen LogP contribution >= 0.6 is 0 Å². The molecule has 0 aliphatic heterocycles. The van der Waals surface area contributed by atoms with Crippen molar-refractivity contribution in [2.45, 2.75) is 69.7 Å². The summed E-state index contributed by atoms with van der Waals surface area (Å²) in [6.45, 7) is 0.787. The lowest BCUT2D eigenvalue weighted by Gasteiger charge is -2.38. The van der Waals surface area contributed by atoms with Gasteiger partial charge in [0, 0.05) is 13.6 Å². The number of rotatable bonds is 5. The largest absolute Gasteiger partial charge is 0.481 e. The Morgan fingerprint density at radius 2 is 1.76 bits per heavy atom. The molecule has 0 saturated heterocycles. The Bertz CT molecular complexity index is 372. The molecule has 5 heteroatoms. The van der Waals surface area contributed by atoms with Gasteiger partial charge >= 0.3 is 12.0 Å². The average molecular weight is 296 g/mol. The lowest BCUT2D eigenvalue weighted by atomic mass is 9.79. The first-order valence-corrected chi connectivity index (χ1v) is 8.26. The van der Waals surface area contributed by atoms with Crippen LogP contribution in [0.25, 0.3) is 0 Å². The Balaban J connectivity index is 1.91. The zero-order valence-electron chi connectivity index (χ0n) is 13.1. The number of amides is 2. The number of hydrogen-bond donors (Lipinski definition) is 2. The van der Waals surface area contributed by atoms with Gasteiger partial charge in [-0.05, 0) is 31.6 Å². The van der Waals surface area contributed by atoms with Gasteiger partial charge in [0.2, 0.25) is 0 Å². The molecule has 0 radical (unpaired) electrons. The summed E-state index contributed by atoms with van der Waals surface area (Å²) < 4.78 is 0. The topological polar surface area (TPSA) is 69.6 Å². The second kappa shape index (κ2) is 7.14. The van der Waals surface area contributed by atoms with Crippen LogP contribution in [0.2, 0.25) is 0 Å². The molecule has 2 rings (SSSR count). The minimum Gasteiger partial charge on any atom is -0.481 e. The molecule has 0 aromatic heterocycles. The van der Waals surface area contributed by atoms with E-state index >= 15 is 0 Å². The van der Waals surface area contributed by atoms with Gasteiger partial charge in [0.25, 0.3) is 0 Å². The summed E-state index contributed by atoms with van der Waals surface area (Å²) in [6, 6.07) is -0.106. The Hall–Kier alpha value is -1.26. The molecule has 0 aromatic rings. The number of nitrogens with one attached hydrogen (secondary N) is 1. The monoisotopic (exact) mass is 296 g/mol. The fourth-order valence-electron chi connectivity index (χ4n) is 3.85. The highest BCUT2D eigenvalue weighted by molar-refractivity contribution is 5.76. The van der Waals surface area contributed by atoms with Crippen LogP contribution in [0.5, 0.6) is 0 Å². The Kier molecular flexibility index (Phi) is 5.48. The lowest BCUT2D eigenvalue weighted by molar-refractivity contribution is -0.139. The standard InChI is InChI=1S/C16H28N2O3/c1-18(12-13-7-3-4-8-13)15(21)17-16(11-14(19)20)9-5-2-6-10-16/h13H,2-12H2,1H3,(H,17,21)(H,19,20). The number of hydrogen-bond acceptors (Lipinski definition) is 2. The van der Waals surface area contributed by atoms with E-state index in [1.165, 1.54) is 25.7 Å². The predicted octanol–water partition coefficient (Wildman–Crippen LogP) is 3.00. The van der Waals surface area contributed by atoms with Gasteiger partial charge in [-0.3, -0.25) is 4.79 Å². The van der Waals surface area contributed by atoms with E-state index in [0.29, 0.717) is 5.92 Å². The first-order chi connectivity index (χ1) is 10.0. The third kappa shape index (κ3) is 4.61. The molecule has 0 unspecified atom stereocenters. The van der Waals surface area contributed by atoms with Crippen LogP contribution in [0.15, 0.2) is 0 Å². The van der Waals surface area contributed by atoms with Gasteiger partial charge in [-0.25, -0.2) is 4.79 Å². The second-order valence-electron chi connectivity index (χ2n) is 6.87. The van der Waals surface area contributed by atoms with Gasteiger partial charge in [-0.15, -0.1) is 0 Å². The summed E-state index contributed by atoms with van der Waals surface area (Å²) in [7, 11) is 1.82. The summed E-state index contributed by atoms with van der Waals surface area (Å²) in [5.41, 5.74) is -0.537. The van der Waals surface area contributed by atoms with Crippen molar-refractivity contribution in [3.05, 3.63) is 0 Å². The Morgan fingerprint density at radius 3 is 2.33 bits per heavy atom. The summed E-state index contributed by atoms with van der Waals surface area (Å²) in [5.74, 6) is -0.210. The highest BCUT2D eigenvalue weighted by Crippen LogP contribution is 2.31. The van der Waals surface area contributed by atoms with Crippen LogP contribution < -0.4 is 5.32 Å². The number of carbonyl (C=O) groups excluding carboxylic acids is 1. The molecule has 2 saturated carbocycles. The number of carbonyl (C=O) groups is 2. The Labute approximate surface area is 127 Å². The number of nitrogens with zero attached hydrogens (tertiary/aromatic N) is 1. The van der Waals surface area contributed by atoms with E-state index in [9.17, 15) is 9.59 Å². The maximum absolute atomic E-state index is 12.4. The van der Waals surface area contributed by atoms with E-state index in [1.54, 1.807) is 4.90 Å². The Morgan fingerprint density at radius 1 is 1.14 bits per heavy atom. The van der Waals surface area contributed by atoms with Crippen molar-refractivity contribution < 1.29 is 14.7 Å².